The Kier molecular flexibility index (Phi) is 4.55. The molecule has 1 aromatic heterocycles. The average Bonchev–Trinajstić information content (AvgIpc) is 3.16. The number of methoxy groups -OCH3 is 1. The molecule has 1 aliphatic heterocycles. The van der Waals surface area contributed by atoms with Crippen LogP contribution >= 0.6 is 0 Å². The lowest BCUT2D eigenvalue weighted by molar-refractivity contribution is -0.138. The van der Waals surface area contributed by atoms with Crippen LogP contribution in [0.15, 0.2) is 59.7 Å². The van der Waals surface area contributed by atoms with E-state index in [0.29, 0.717) is 5.56 Å². The molecule has 0 bridgehead atoms. The van der Waals surface area contributed by atoms with Gasteiger partial charge in [-0.2, -0.15) is 13.2 Å². The van der Waals surface area contributed by atoms with Crippen molar-refractivity contribution in [3.05, 3.63) is 70.8 Å². The molecule has 4 rings (SSSR count). The van der Waals surface area contributed by atoms with E-state index in [1.54, 1.807) is 35.6 Å². The van der Waals surface area contributed by atoms with Gasteiger partial charge in [0.25, 0.3) is 5.56 Å². The Morgan fingerprint density at radius 3 is 2.55 bits per heavy atom. The molecular weight excluding hydrogens is 387 g/mol. The van der Waals surface area contributed by atoms with Crippen molar-refractivity contribution in [3.8, 4) is 17.0 Å². The smallest absolute Gasteiger partial charge is 0.420 e. The lowest BCUT2D eigenvalue weighted by atomic mass is 10.1. The molecule has 0 fully saturated rings. The molecule has 2 aromatic carbocycles. The van der Waals surface area contributed by atoms with Gasteiger partial charge in [0.15, 0.2) is 0 Å². The molecule has 0 unspecified atom stereocenters. The number of benzene rings is 2. The number of halogens is 3. The highest BCUT2D eigenvalue weighted by molar-refractivity contribution is 5.79. The zero-order valence-corrected chi connectivity index (χ0v) is 15.0. The third kappa shape index (κ3) is 3.69. The SMILES string of the molecule is COc1cc2nc(-c3cccc(N4C=CNN4)c3)cc(=O)nc2cc1C(F)(F)F. The Balaban J connectivity index is 1.89. The highest BCUT2D eigenvalue weighted by Gasteiger charge is 2.35. The van der Waals surface area contributed by atoms with Crippen LogP contribution in [0.1, 0.15) is 5.56 Å². The number of fused-ring (bicyclic) bond motifs is 1. The molecule has 10 heteroatoms. The molecule has 0 radical (unpaired) electrons. The minimum atomic E-state index is -4.65. The fourth-order valence-electron chi connectivity index (χ4n) is 2.93. The number of ether oxygens (including phenoxy) is 1. The number of hydrogen-bond acceptors (Lipinski definition) is 7. The first-order valence-corrected chi connectivity index (χ1v) is 8.41. The van der Waals surface area contributed by atoms with Crippen molar-refractivity contribution in [2.75, 3.05) is 12.1 Å². The van der Waals surface area contributed by atoms with E-state index in [2.05, 4.69) is 20.9 Å². The standard InChI is InChI=1S/C19H14F3N5O2/c1-29-17-9-16-15(8-13(17)19(20,21)22)25-18(28)10-14(24-16)11-3-2-4-12(7-11)27-6-5-23-26-27/h2-10,23,26H,1H3. The van der Waals surface area contributed by atoms with Crippen LogP contribution < -0.4 is 26.3 Å². The van der Waals surface area contributed by atoms with Gasteiger partial charge >= 0.3 is 6.18 Å². The summed E-state index contributed by atoms with van der Waals surface area (Å²) >= 11 is 0. The molecule has 0 saturated heterocycles. The maximum absolute atomic E-state index is 13.3. The van der Waals surface area contributed by atoms with Gasteiger partial charge in [0.05, 0.1) is 35.1 Å². The zero-order valence-electron chi connectivity index (χ0n) is 15.0. The van der Waals surface area contributed by atoms with Crippen LogP contribution in [0.4, 0.5) is 18.9 Å². The summed E-state index contributed by atoms with van der Waals surface area (Å²) in [6, 6.07) is 10.2. The van der Waals surface area contributed by atoms with Crippen LogP contribution in [0, 0.1) is 0 Å². The fraction of sp³-hybridized carbons (Fsp3) is 0.105. The van der Waals surface area contributed by atoms with Gasteiger partial charge in [-0.3, -0.25) is 9.80 Å². The topological polar surface area (TPSA) is 79.4 Å². The molecule has 0 amide bonds. The molecule has 3 aromatic rings. The molecule has 0 atom stereocenters. The molecule has 0 aliphatic carbocycles. The Labute approximate surface area is 162 Å². The summed E-state index contributed by atoms with van der Waals surface area (Å²) in [5.41, 5.74) is 5.56. The van der Waals surface area contributed by atoms with Crippen molar-refractivity contribution in [3.63, 3.8) is 0 Å². The molecule has 0 spiro atoms. The monoisotopic (exact) mass is 401 g/mol. The highest BCUT2D eigenvalue weighted by Crippen LogP contribution is 2.38. The number of hydrogen-bond donors (Lipinski definition) is 2. The summed E-state index contributed by atoms with van der Waals surface area (Å²) in [4.78, 5) is 20.4. The number of nitrogens with zero attached hydrogens (tertiary/aromatic N) is 3. The van der Waals surface area contributed by atoms with E-state index in [4.69, 9.17) is 4.74 Å². The second-order valence-electron chi connectivity index (χ2n) is 6.12. The Morgan fingerprint density at radius 2 is 1.86 bits per heavy atom. The van der Waals surface area contributed by atoms with Crippen molar-refractivity contribution < 1.29 is 17.9 Å². The summed E-state index contributed by atoms with van der Waals surface area (Å²) in [6.45, 7) is 0. The summed E-state index contributed by atoms with van der Waals surface area (Å²) in [5, 5.41) is 1.71. The lowest BCUT2D eigenvalue weighted by Gasteiger charge is -2.16. The first kappa shape index (κ1) is 18.7. The van der Waals surface area contributed by atoms with Crippen LogP contribution in [0.2, 0.25) is 0 Å². The highest BCUT2D eigenvalue weighted by atomic mass is 19.4. The summed E-state index contributed by atoms with van der Waals surface area (Å²) in [5.74, 6) is -0.393. The first-order chi connectivity index (χ1) is 13.8. The van der Waals surface area contributed by atoms with Gasteiger partial charge in [0.2, 0.25) is 0 Å². The molecule has 29 heavy (non-hydrogen) atoms. The Morgan fingerprint density at radius 1 is 1.07 bits per heavy atom. The van der Waals surface area contributed by atoms with Gasteiger partial charge < -0.3 is 10.2 Å². The molecule has 148 valence electrons. The average molecular weight is 401 g/mol. The van der Waals surface area contributed by atoms with Crippen LogP contribution in [0.3, 0.4) is 0 Å². The van der Waals surface area contributed by atoms with Crippen LogP contribution in [-0.2, 0) is 6.18 Å². The third-order valence-corrected chi connectivity index (χ3v) is 4.25. The van der Waals surface area contributed by atoms with E-state index >= 15 is 0 Å². The van der Waals surface area contributed by atoms with Crippen molar-refractivity contribution in [2.24, 2.45) is 0 Å². The zero-order chi connectivity index (χ0) is 20.6. The first-order valence-electron chi connectivity index (χ1n) is 8.41. The minimum Gasteiger partial charge on any atom is -0.496 e. The van der Waals surface area contributed by atoms with Gasteiger partial charge in [0.1, 0.15) is 5.75 Å². The van der Waals surface area contributed by atoms with Crippen molar-refractivity contribution in [2.45, 2.75) is 6.18 Å². The molecular formula is C19H14F3N5O2. The number of anilines is 1. The predicted octanol–water partition coefficient (Wildman–Crippen LogP) is 2.98. The van der Waals surface area contributed by atoms with E-state index in [1.807, 2.05) is 6.07 Å². The number of alkyl halides is 3. The second-order valence-corrected chi connectivity index (χ2v) is 6.12. The Hall–Kier alpha value is -3.66. The van der Waals surface area contributed by atoms with E-state index in [9.17, 15) is 18.0 Å². The van der Waals surface area contributed by atoms with E-state index in [-0.39, 0.29) is 16.7 Å². The summed E-state index contributed by atoms with van der Waals surface area (Å²) in [6.07, 6.45) is -1.19. The van der Waals surface area contributed by atoms with Crippen LogP contribution in [-0.4, -0.2) is 17.1 Å². The van der Waals surface area contributed by atoms with Crippen molar-refractivity contribution in [1.29, 1.82) is 0 Å². The van der Waals surface area contributed by atoms with Gasteiger partial charge in [-0.05, 0) is 18.2 Å². The normalized spacial score (nSPS) is 13.6. The van der Waals surface area contributed by atoms with Crippen molar-refractivity contribution in [1.82, 2.24) is 20.9 Å². The third-order valence-electron chi connectivity index (χ3n) is 4.25. The largest absolute Gasteiger partial charge is 0.496 e. The maximum Gasteiger partial charge on any atom is 0.420 e. The van der Waals surface area contributed by atoms with Gasteiger partial charge in [-0.1, -0.05) is 12.1 Å². The van der Waals surface area contributed by atoms with E-state index in [1.165, 1.54) is 6.07 Å². The van der Waals surface area contributed by atoms with E-state index < -0.39 is 23.0 Å². The summed E-state index contributed by atoms with van der Waals surface area (Å²) in [7, 11) is 1.14. The van der Waals surface area contributed by atoms with Gasteiger partial charge in [-0.15, -0.1) is 5.53 Å². The number of hydrazine groups is 2. The van der Waals surface area contributed by atoms with E-state index in [0.717, 1.165) is 24.9 Å². The van der Waals surface area contributed by atoms with Gasteiger partial charge in [0, 0.05) is 30.1 Å². The number of rotatable bonds is 3. The predicted molar refractivity (Wildman–Crippen MR) is 101 cm³/mol. The van der Waals surface area contributed by atoms with Crippen LogP contribution in [0.25, 0.3) is 22.3 Å². The van der Waals surface area contributed by atoms with Crippen molar-refractivity contribution >= 4 is 16.7 Å². The molecule has 0 saturated carbocycles. The fourth-order valence-corrected chi connectivity index (χ4v) is 2.93. The molecule has 2 heterocycles. The quantitative estimate of drug-likeness (QED) is 0.699. The summed E-state index contributed by atoms with van der Waals surface area (Å²) < 4.78 is 44.7. The maximum atomic E-state index is 13.3. The molecule has 7 nitrogen and oxygen atoms in total. The Bertz CT molecular complexity index is 1180. The number of nitrogens with one attached hydrogen (secondary N) is 2. The minimum absolute atomic E-state index is 0.109. The van der Waals surface area contributed by atoms with Gasteiger partial charge in [-0.25, -0.2) is 9.97 Å². The molecule has 2 N–H and O–H groups in total. The molecule has 1 aliphatic rings. The number of aromatic nitrogens is 2. The van der Waals surface area contributed by atoms with Crippen LogP contribution in [0.5, 0.6) is 5.75 Å². The second kappa shape index (κ2) is 7.06. The lowest BCUT2D eigenvalue weighted by Crippen LogP contribution is -2.35.